The standard InChI is InChI=1S/C33H46F2N6O5/c1-6-26-30(39-46-38-26)32(44)37-29(22-9-7-19(2)8-10-22)27(42)18-24-12-11-23(17-25(24)35)20(3)28(36-31(43)21(4)34)33(45)41-15-13-40(5)14-16-41/h11-12,17,19-22,28-29H,6-10,13-16,18H2,1-5H3,(H,36,43)(H,37,44)/t19?,20-,21-,22?,28+,29-/m0/s1. The molecule has 252 valence electrons. The molecule has 46 heavy (non-hydrogen) atoms. The number of carbonyl (C=O) groups excluding carboxylic acids is 4. The molecule has 1 saturated carbocycles. The molecule has 0 radical (unpaired) electrons. The van der Waals surface area contributed by atoms with Crippen molar-refractivity contribution in [2.75, 3.05) is 33.2 Å². The first-order valence-corrected chi connectivity index (χ1v) is 16.2. The lowest BCUT2D eigenvalue weighted by molar-refractivity contribution is -0.139. The van der Waals surface area contributed by atoms with Gasteiger partial charge < -0.3 is 20.4 Å². The predicted molar refractivity (Wildman–Crippen MR) is 166 cm³/mol. The average molecular weight is 645 g/mol. The fourth-order valence-corrected chi connectivity index (χ4v) is 6.27. The predicted octanol–water partition coefficient (Wildman–Crippen LogP) is 3.23. The minimum atomic E-state index is -1.82. The minimum Gasteiger partial charge on any atom is -0.341 e. The Balaban J connectivity index is 1.53. The van der Waals surface area contributed by atoms with Gasteiger partial charge in [0.05, 0.1) is 6.04 Å². The van der Waals surface area contributed by atoms with Crippen LogP contribution in [0.4, 0.5) is 8.78 Å². The number of aromatic nitrogens is 2. The molecule has 2 aliphatic rings. The second-order valence-corrected chi connectivity index (χ2v) is 12.9. The maximum absolute atomic E-state index is 15.6. The highest BCUT2D eigenvalue weighted by Gasteiger charge is 2.36. The molecular formula is C33H46F2N6O5. The number of halogens is 2. The van der Waals surface area contributed by atoms with Crippen molar-refractivity contribution in [3.8, 4) is 0 Å². The van der Waals surface area contributed by atoms with E-state index in [1.54, 1.807) is 17.9 Å². The molecule has 0 unspecified atom stereocenters. The fourth-order valence-electron chi connectivity index (χ4n) is 6.27. The summed E-state index contributed by atoms with van der Waals surface area (Å²) in [4.78, 5) is 56.4. The van der Waals surface area contributed by atoms with Crippen LogP contribution in [0.1, 0.15) is 86.6 Å². The summed E-state index contributed by atoms with van der Waals surface area (Å²) in [5.41, 5.74) is 0.983. The van der Waals surface area contributed by atoms with Crippen LogP contribution < -0.4 is 10.6 Å². The molecule has 0 spiro atoms. The topological polar surface area (TPSA) is 138 Å². The van der Waals surface area contributed by atoms with E-state index in [1.807, 2.05) is 14.0 Å². The molecule has 13 heteroatoms. The van der Waals surface area contributed by atoms with Gasteiger partial charge in [0.15, 0.2) is 17.6 Å². The molecule has 1 saturated heterocycles. The van der Waals surface area contributed by atoms with Crippen molar-refractivity contribution >= 4 is 23.5 Å². The molecule has 1 aromatic heterocycles. The van der Waals surface area contributed by atoms with Gasteiger partial charge in [-0.25, -0.2) is 13.4 Å². The molecule has 1 aromatic carbocycles. The Hall–Kier alpha value is -3.74. The second kappa shape index (κ2) is 15.7. The third kappa shape index (κ3) is 8.54. The normalized spacial score (nSPS) is 21.6. The molecule has 4 rings (SSSR count). The molecule has 1 aliphatic carbocycles. The van der Waals surface area contributed by atoms with Crippen LogP contribution in [0.3, 0.4) is 0 Å². The van der Waals surface area contributed by atoms with E-state index in [-0.39, 0.29) is 35.3 Å². The third-order valence-electron chi connectivity index (χ3n) is 9.48. The van der Waals surface area contributed by atoms with Gasteiger partial charge in [0, 0.05) is 38.5 Å². The van der Waals surface area contributed by atoms with Crippen LogP contribution in [0.15, 0.2) is 22.8 Å². The van der Waals surface area contributed by atoms with E-state index in [9.17, 15) is 23.6 Å². The molecule has 2 N–H and O–H groups in total. The number of ketones is 1. The number of hydrogen-bond donors (Lipinski definition) is 2. The molecule has 11 nitrogen and oxygen atoms in total. The number of hydrogen-bond acceptors (Lipinski definition) is 8. The van der Waals surface area contributed by atoms with Gasteiger partial charge in [-0.15, -0.1) is 0 Å². The number of piperazine rings is 1. The van der Waals surface area contributed by atoms with Gasteiger partial charge in [-0.05, 0) is 67.4 Å². The lowest BCUT2D eigenvalue weighted by atomic mass is 9.77. The van der Waals surface area contributed by atoms with Crippen LogP contribution in [-0.2, 0) is 27.2 Å². The Kier molecular flexibility index (Phi) is 12.0. The number of alkyl halides is 1. The summed E-state index contributed by atoms with van der Waals surface area (Å²) in [5.74, 6) is -3.08. The molecule has 3 amide bonds. The highest BCUT2D eigenvalue weighted by molar-refractivity contribution is 5.97. The van der Waals surface area contributed by atoms with Gasteiger partial charge in [-0.1, -0.05) is 50.9 Å². The number of nitrogens with one attached hydrogen (secondary N) is 2. The summed E-state index contributed by atoms with van der Waals surface area (Å²) in [6.07, 6.45) is 1.69. The Morgan fingerprint density at radius 2 is 1.70 bits per heavy atom. The SMILES string of the molecule is CCc1nonc1C(=O)N[C@H](C(=O)Cc1ccc([C@H](C)[C@@H](NC(=O)[C@H](C)F)C(=O)N2CCN(C)CC2)cc1F)C1CCC(C)CC1. The number of rotatable bonds is 12. The maximum atomic E-state index is 15.6. The highest BCUT2D eigenvalue weighted by atomic mass is 19.1. The Bertz CT molecular complexity index is 1380. The van der Waals surface area contributed by atoms with Crippen LogP contribution in [0.2, 0.25) is 0 Å². The van der Waals surface area contributed by atoms with E-state index in [2.05, 4.69) is 32.8 Å². The average Bonchev–Trinajstić information content (AvgIpc) is 3.52. The third-order valence-corrected chi connectivity index (χ3v) is 9.48. The lowest BCUT2D eigenvalue weighted by Gasteiger charge is -2.36. The Morgan fingerprint density at radius 3 is 2.30 bits per heavy atom. The maximum Gasteiger partial charge on any atom is 0.276 e. The highest BCUT2D eigenvalue weighted by Crippen LogP contribution is 2.32. The van der Waals surface area contributed by atoms with E-state index < -0.39 is 41.8 Å². The number of amides is 3. The number of nitrogens with zero attached hydrogens (tertiary/aromatic N) is 4. The number of likely N-dealkylation sites (N-methyl/N-ethyl adjacent to an activating group) is 1. The largest absolute Gasteiger partial charge is 0.341 e. The van der Waals surface area contributed by atoms with E-state index in [0.717, 1.165) is 32.6 Å². The zero-order valence-corrected chi connectivity index (χ0v) is 27.4. The smallest absolute Gasteiger partial charge is 0.276 e. The zero-order chi connectivity index (χ0) is 33.5. The number of aryl methyl sites for hydroxylation is 1. The van der Waals surface area contributed by atoms with Crippen molar-refractivity contribution in [2.24, 2.45) is 11.8 Å². The lowest BCUT2D eigenvalue weighted by Crippen LogP contribution is -2.56. The summed E-state index contributed by atoms with van der Waals surface area (Å²) < 4.78 is 34.2. The van der Waals surface area contributed by atoms with Crippen LogP contribution in [0.5, 0.6) is 0 Å². The number of Topliss-reactive ketones (excluding diaryl/α,β-unsaturated/α-hetero) is 1. The van der Waals surface area contributed by atoms with Gasteiger partial charge in [0.25, 0.3) is 11.8 Å². The van der Waals surface area contributed by atoms with Crippen molar-refractivity contribution in [3.05, 3.63) is 46.5 Å². The van der Waals surface area contributed by atoms with Crippen LogP contribution in [0.25, 0.3) is 0 Å². The van der Waals surface area contributed by atoms with Gasteiger partial charge >= 0.3 is 0 Å². The second-order valence-electron chi connectivity index (χ2n) is 12.9. The van der Waals surface area contributed by atoms with Gasteiger partial charge in [0.2, 0.25) is 5.91 Å². The molecule has 4 atom stereocenters. The molecule has 1 aliphatic heterocycles. The van der Waals surface area contributed by atoms with Crippen molar-refractivity contribution in [2.45, 2.75) is 90.4 Å². The molecule has 2 fully saturated rings. The minimum absolute atomic E-state index is 0.0314. The fraction of sp³-hybridized carbons (Fsp3) is 0.636. The summed E-state index contributed by atoms with van der Waals surface area (Å²) in [6.45, 7) is 8.99. The van der Waals surface area contributed by atoms with Crippen LogP contribution in [-0.4, -0.2) is 95.1 Å². The van der Waals surface area contributed by atoms with E-state index in [1.165, 1.54) is 12.1 Å². The quantitative estimate of drug-likeness (QED) is 0.360. The van der Waals surface area contributed by atoms with Crippen LogP contribution in [0, 0.1) is 17.7 Å². The molecule has 0 bridgehead atoms. The summed E-state index contributed by atoms with van der Waals surface area (Å²) in [7, 11) is 1.95. The van der Waals surface area contributed by atoms with Crippen molar-refractivity contribution in [1.82, 2.24) is 30.7 Å². The van der Waals surface area contributed by atoms with Crippen LogP contribution >= 0.6 is 0 Å². The Labute approximate surface area is 268 Å². The monoisotopic (exact) mass is 644 g/mol. The van der Waals surface area contributed by atoms with Crippen molar-refractivity contribution in [1.29, 1.82) is 0 Å². The summed E-state index contributed by atoms with van der Waals surface area (Å²) >= 11 is 0. The van der Waals surface area contributed by atoms with Crippen molar-refractivity contribution < 1.29 is 32.6 Å². The first-order chi connectivity index (χ1) is 21.9. The molecular weight excluding hydrogens is 598 g/mol. The number of benzene rings is 1. The van der Waals surface area contributed by atoms with E-state index >= 15 is 4.39 Å². The Morgan fingerprint density at radius 1 is 1.02 bits per heavy atom. The summed E-state index contributed by atoms with van der Waals surface area (Å²) in [6, 6.07) is 2.42. The molecule has 2 aromatic rings. The zero-order valence-electron chi connectivity index (χ0n) is 27.4. The van der Waals surface area contributed by atoms with E-state index in [0.29, 0.717) is 49.8 Å². The van der Waals surface area contributed by atoms with E-state index in [4.69, 9.17) is 4.63 Å². The number of carbonyl (C=O) groups is 4. The molecule has 2 heterocycles. The van der Waals surface area contributed by atoms with Gasteiger partial charge in [-0.2, -0.15) is 0 Å². The van der Waals surface area contributed by atoms with Crippen molar-refractivity contribution in [3.63, 3.8) is 0 Å². The van der Waals surface area contributed by atoms with Gasteiger partial charge in [0.1, 0.15) is 17.6 Å². The summed E-state index contributed by atoms with van der Waals surface area (Å²) in [5, 5.41) is 12.9. The van der Waals surface area contributed by atoms with Gasteiger partial charge in [-0.3, -0.25) is 19.2 Å². The first kappa shape index (κ1) is 35.1. The first-order valence-electron chi connectivity index (χ1n) is 16.2.